The zero-order valence-corrected chi connectivity index (χ0v) is 13.7. The van der Waals surface area contributed by atoms with Gasteiger partial charge in [-0.15, -0.1) is 0 Å². The Morgan fingerprint density at radius 2 is 1.89 bits per heavy atom. The molecule has 1 atom stereocenters. The Hall–Kier alpha value is -0.120. The van der Waals surface area contributed by atoms with Crippen LogP contribution in [-0.2, 0) is 13.0 Å². The third-order valence-corrected chi connectivity index (χ3v) is 6.10. The second kappa shape index (κ2) is 8.23. The third-order valence-electron chi connectivity index (χ3n) is 3.25. The van der Waals surface area contributed by atoms with Gasteiger partial charge in [-0.1, -0.05) is 38.1 Å². The first-order chi connectivity index (χ1) is 9.24. The van der Waals surface area contributed by atoms with Crippen molar-refractivity contribution in [2.75, 3.05) is 23.8 Å². The van der Waals surface area contributed by atoms with Gasteiger partial charge < -0.3 is 5.32 Å². The van der Waals surface area contributed by atoms with Gasteiger partial charge >= 0.3 is 0 Å². The van der Waals surface area contributed by atoms with Crippen LogP contribution in [0.4, 0.5) is 0 Å². The summed E-state index contributed by atoms with van der Waals surface area (Å²) < 4.78 is 0. The predicted molar refractivity (Wildman–Crippen MR) is 90.3 cm³/mol. The van der Waals surface area contributed by atoms with Crippen molar-refractivity contribution in [1.82, 2.24) is 5.32 Å². The first-order valence-corrected chi connectivity index (χ1v) is 9.42. The molecule has 0 aromatic heterocycles. The summed E-state index contributed by atoms with van der Waals surface area (Å²) >= 11 is 4.22. The van der Waals surface area contributed by atoms with Crippen molar-refractivity contribution in [3.05, 3.63) is 35.4 Å². The van der Waals surface area contributed by atoms with Crippen LogP contribution in [-0.4, -0.2) is 29.1 Å². The monoisotopic (exact) mass is 295 g/mol. The predicted octanol–water partition coefficient (Wildman–Crippen LogP) is 3.82. The summed E-state index contributed by atoms with van der Waals surface area (Å²) in [7, 11) is 0. The molecule has 1 aliphatic heterocycles. The van der Waals surface area contributed by atoms with Crippen LogP contribution < -0.4 is 5.32 Å². The number of hydrogen-bond acceptors (Lipinski definition) is 3. The Morgan fingerprint density at radius 1 is 1.16 bits per heavy atom. The van der Waals surface area contributed by atoms with Crippen LogP contribution in [0.3, 0.4) is 0 Å². The van der Waals surface area contributed by atoms with Crippen LogP contribution in [0.25, 0.3) is 0 Å². The first-order valence-electron chi connectivity index (χ1n) is 7.22. The van der Waals surface area contributed by atoms with E-state index in [2.05, 4.69) is 67.0 Å². The van der Waals surface area contributed by atoms with Crippen LogP contribution in [0, 0.1) is 5.92 Å². The summed E-state index contributed by atoms with van der Waals surface area (Å²) in [6.07, 6.45) is 1.18. The summed E-state index contributed by atoms with van der Waals surface area (Å²) in [6, 6.07) is 9.10. The minimum absolute atomic E-state index is 0.741. The lowest BCUT2D eigenvalue weighted by Crippen LogP contribution is -2.28. The molecular formula is C16H25NS2. The van der Waals surface area contributed by atoms with Gasteiger partial charge in [0.25, 0.3) is 0 Å². The second-order valence-electron chi connectivity index (χ2n) is 5.61. The minimum atomic E-state index is 0.741. The average molecular weight is 296 g/mol. The molecule has 1 nitrogen and oxygen atoms in total. The van der Waals surface area contributed by atoms with Crippen LogP contribution in [0.5, 0.6) is 0 Å². The van der Waals surface area contributed by atoms with Gasteiger partial charge in [-0.2, -0.15) is 23.5 Å². The van der Waals surface area contributed by atoms with E-state index in [4.69, 9.17) is 0 Å². The topological polar surface area (TPSA) is 12.0 Å². The molecular weight excluding hydrogens is 270 g/mol. The fourth-order valence-electron chi connectivity index (χ4n) is 2.30. The van der Waals surface area contributed by atoms with Gasteiger partial charge in [-0.05, 0) is 23.5 Å². The minimum Gasteiger partial charge on any atom is -0.312 e. The molecule has 1 unspecified atom stereocenters. The van der Waals surface area contributed by atoms with Gasteiger partial charge in [0, 0.05) is 35.6 Å². The fraction of sp³-hybridized carbons (Fsp3) is 0.625. The lowest BCUT2D eigenvalue weighted by atomic mass is 10.0. The van der Waals surface area contributed by atoms with Gasteiger partial charge in [-0.25, -0.2) is 0 Å². The number of thioether (sulfide) groups is 2. The number of rotatable bonds is 6. The van der Waals surface area contributed by atoms with Gasteiger partial charge in [-0.3, -0.25) is 0 Å². The maximum atomic E-state index is 3.60. The third kappa shape index (κ3) is 5.80. The first kappa shape index (κ1) is 15.3. The van der Waals surface area contributed by atoms with Crippen molar-refractivity contribution < 1.29 is 0 Å². The van der Waals surface area contributed by atoms with Gasteiger partial charge in [0.15, 0.2) is 0 Å². The second-order valence-corrected chi connectivity index (χ2v) is 8.17. The number of nitrogens with one attached hydrogen (secondary N) is 1. The molecule has 0 aliphatic carbocycles. The van der Waals surface area contributed by atoms with E-state index in [-0.39, 0.29) is 0 Å². The normalized spacial score (nSPS) is 19.8. The molecule has 1 heterocycles. The Bertz CT molecular complexity index is 356. The standard InChI is InChI=1S/C16H25NS2/c1-13(2)9-14-3-5-15(6-4-14)10-17-11-16-12-18-7-8-19-16/h3-6,13,16-17H,7-12H2,1-2H3. The molecule has 1 aromatic carbocycles. The van der Waals surface area contributed by atoms with Crippen LogP contribution in [0.2, 0.25) is 0 Å². The van der Waals surface area contributed by atoms with Gasteiger partial charge in [0.2, 0.25) is 0 Å². The molecule has 1 N–H and O–H groups in total. The summed E-state index contributed by atoms with van der Waals surface area (Å²) in [5, 5.41) is 4.40. The van der Waals surface area contributed by atoms with Crippen molar-refractivity contribution in [3.63, 3.8) is 0 Å². The molecule has 19 heavy (non-hydrogen) atoms. The molecule has 1 aromatic rings. The zero-order chi connectivity index (χ0) is 13.5. The fourth-order valence-corrected chi connectivity index (χ4v) is 4.94. The zero-order valence-electron chi connectivity index (χ0n) is 12.0. The van der Waals surface area contributed by atoms with E-state index in [0.717, 1.165) is 24.3 Å². The molecule has 1 fully saturated rings. The quantitative estimate of drug-likeness (QED) is 0.857. The smallest absolute Gasteiger partial charge is 0.0263 e. The van der Waals surface area contributed by atoms with Crippen LogP contribution in [0.1, 0.15) is 25.0 Å². The van der Waals surface area contributed by atoms with Crippen molar-refractivity contribution in [3.8, 4) is 0 Å². The summed E-state index contributed by atoms with van der Waals surface area (Å²) in [5.74, 6) is 4.70. The van der Waals surface area contributed by atoms with Crippen LogP contribution >= 0.6 is 23.5 Å². The van der Waals surface area contributed by atoms with E-state index < -0.39 is 0 Å². The van der Waals surface area contributed by atoms with E-state index in [0.29, 0.717) is 0 Å². The highest BCUT2D eigenvalue weighted by molar-refractivity contribution is 8.06. The highest BCUT2D eigenvalue weighted by Gasteiger charge is 2.13. The van der Waals surface area contributed by atoms with E-state index in [1.54, 1.807) is 0 Å². The van der Waals surface area contributed by atoms with Crippen LogP contribution in [0.15, 0.2) is 24.3 Å². The van der Waals surface area contributed by atoms with E-state index in [9.17, 15) is 0 Å². The maximum absolute atomic E-state index is 3.60. The van der Waals surface area contributed by atoms with Crippen molar-refractivity contribution in [2.24, 2.45) is 5.92 Å². The number of benzene rings is 1. The van der Waals surface area contributed by atoms with E-state index in [1.165, 1.54) is 34.8 Å². The van der Waals surface area contributed by atoms with E-state index in [1.807, 2.05) is 0 Å². The molecule has 0 spiro atoms. The number of hydrogen-bond donors (Lipinski definition) is 1. The van der Waals surface area contributed by atoms with E-state index >= 15 is 0 Å². The lowest BCUT2D eigenvalue weighted by Gasteiger charge is -2.21. The molecule has 0 amide bonds. The van der Waals surface area contributed by atoms with Gasteiger partial charge in [0.1, 0.15) is 0 Å². The molecule has 1 saturated heterocycles. The molecule has 0 bridgehead atoms. The highest BCUT2D eigenvalue weighted by Crippen LogP contribution is 2.23. The Morgan fingerprint density at radius 3 is 2.53 bits per heavy atom. The SMILES string of the molecule is CC(C)Cc1ccc(CNCC2CSCCS2)cc1. The summed E-state index contributed by atoms with van der Waals surface area (Å²) in [4.78, 5) is 0. The molecule has 106 valence electrons. The lowest BCUT2D eigenvalue weighted by molar-refractivity contribution is 0.646. The summed E-state index contributed by atoms with van der Waals surface area (Å²) in [6.45, 7) is 6.69. The Labute approximate surface area is 126 Å². The molecule has 0 radical (unpaired) electrons. The molecule has 2 rings (SSSR count). The van der Waals surface area contributed by atoms with Crippen molar-refractivity contribution >= 4 is 23.5 Å². The largest absolute Gasteiger partial charge is 0.312 e. The average Bonchev–Trinajstić information content (AvgIpc) is 2.41. The summed E-state index contributed by atoms with van der Waals surface area (Å²) in [5.41, 5.74) is 2.86. The van der Waals surface area contributed by atoms with Crippen molar-refractivity contribution in [2.45, 2.75) is 32.1 Å². The van der Waals surface area contributed by atoms with Gasteiger partial charge in [0.05, 0.1) is 0 Å². The highest BCUT2D eigenvalue weighted by atomic mass is 32.2. The Balaban J connectivity index is 1.70. The molecule has 0 saturated carbocycles. The molecule has 1 aliphatic rings. The maximum Gasteiger partial charge on any atom is 0.0263 e. The molecule has 3 heteroatoms. The Kier molecular flexibility index (Phi) is 6.62. The van der Waals surface area contributed by atoms with Crippen molar-refractivity contribution in [1.29, 1.82) is 0 Å².